The minimum Gasteiger partial charge on any atom is -0.496 e. The molecular weight excluding hydrogens is 817 g/mol. The maximum atomic E-state index is 11.8. The van der Waals surface area contributed by atoms with Crippen LogP contribution in [0.2, 0.25) is 0 Å². The number of piperidine rings is 1. The van der Waals surface area contributed by atoms with Crippen LogP contribution in [-0.4, -0.2) is 117 Å². The van der Waals surface area contributed by atoms with E-state index in [2.05, 4.69) is 60.8 Å². The van der Waals surface area contributed by atoms with E-state index >= 15 is 0 Å². The van der Waals surface area contributed by atoms with Crippen molar-refractivity contribution in [2.24, 2.45) is 0 Å². The molecule has 5 atom stereocenters. The van der Waals surface area contributed by atoms with E-state index in [4.69, 9.17) is 9.47 Å². The Bertz CT molecular complexity index is 2670. The van der Waals surface area contributed by atoms with Gasteiger partial charge in [0.05, 0.1) is 25.3 Å². The first-order chi connectivity index (χ1) is 31.7. The Labute approximate surface area is 381 Å². The monoisotopic (exact) mass is 878 g/mol. The van der Waals surface area contributed by atoms with Crippen LogP contribution >= 0.6 is 0 Å². The van der Waals surface area contributed by atoms with Crippen LogP contribution in [0.1, 0.15) is 112 Å². The first-order valence-corrected chi connectivity index (χ1v) is 23.7. The minimum atomic E-state index is -0.905. The number of nitrogens with zero attached hydrogens (tertiary/aromatic N) is 4. The number of rotatable bonds is 14. The summed E-state index contributed by atoms with van der Waals surface area (Å²) in [6, 6.07) is 25.6. The number of ether oxygens (including phenoxy) is 2. The Kier molecular flexibility index (Phi) is 12.2. The molecule has 4 aliphatic rings. The topological polar surface area (TPSA) is 138 Å². The van der Waals surface area contributed by atoms with Gasteiger partial charge in [0.25, 0.3) is 0 Å². The maximum Gasteiger partial charge on any atom is 0.335 e. The number of carboxylic acid groups (broad SMARTS) is 2. The van der Waals surface area contributed by atoms with E-state index in [-0.39, 0.29) is 12.1 Å². The molecule has 6 heterocycles. The highest BCUT2D eigenvalue weighted by Crippen LogP contribution is 2.42. The van der Waals surface area contributed by atoms with Crippen molar-refractivity contribution in [2.75, 3.05) is 46.9 Å². The van der Waals surface area contributed by atoms with Gasteiger partial charge in [-0.05, 0) is 122 Å². The lowest BCUT2D eigenvalue weighted by Gasteiger charge is -2.48. The lowest BCUT2D eigenvalue weighted by Crippen LogP contribution is -2.55. The molecule has 4 N–H and O–H groups in total. The zero-order chi connectivity index (χ0) is 44.8. The van der Waals surface area contributed by atoms with Crippen molar-refractivity contribution < 1.29 is 29.3 Å². The lowest BCUT2D eigenvalue weighted by atomic mass is 9.92. The fourth-order valence-electron chi connectivity index (χ4n) is 12.0. The summed E-state index contributed by atoms with van der Waals surface area (Å²) in [5.41, 5.74) is 9.90. The number of hydrogen-bond donors (Lipinski definition) is 4. The quantitative estimate of drug-likeness (QED) is 0.0839. The Morgan fingerprint density at radius 2 is 1.17 bits per heavy atom. The van der Waals surface area contributed by atoms with Crippen molar-refractivity contribution in [3.63, 3.8) is 0 Å². The van der Waals surface area contributed by atoms with Crippen LogP contribution in [-0.2, 0) is 25.9 Å². The summed E-state index contributed by atoms with van der Waals surface area (Å²) in [5, 5.41) is 21.6. The van der Waals surface area contributed by atoms with Crippen molar-refractivity contribution in [2.45, 2.75) is 102 Å². The Morgan fingerprint density at radius 1 is 0.646 bits per heavy atom. The molecule has 6 aromatic rings. The number of piperazine rings is 2. The first kappa shape index (κ1) is 43.2. The molecule has 0 spiro atoms. The number of aryl methyl sites for hydroxylation is 2. The fourth-order valence-corrected chi connectivity index (χ4v) is 12.0. The maximum absolute atomic E-state index is 11.8. The van der Waals surface area contributed by atoms with Crippen molar-refractivity contribution in [1.82, 2.24) is 29.6 Å². The van der Waals surface area contributed by atoms with Gasteiger partial charge in [-0.3, -0.25) is 19.6 Å². The minimum absolute atomic E-state index is 0.119. The van der Waals surface area contributed by atoms with E-state index in [0.717, 1.165) is 98.7 Å². The zero-order valence-corrected chi connectivity index (χ0v) is 37.9. The second-order valence-electron chi connectivity index (χ2n) is 18.8. The molecule has 2 aromatic heterocycles. The highest BCUT2D eigenvalue weighted by molar-refractivity contribution is 5.90. The largest absolute Gasteiger partial charge is 0.496 e. The Morgan fingerprint density at radius 3 is 1.68 bits per heavy atom. The number of benzene rings is 4. The molecule has 0 bridgehead atoms. The van der Waals surface area contributed by atoms with Gasteiger partial charge in [0, 0.05) is 115 Å². The standard InChI is InChI=1S/C53H62N6O6/c1-4-39-18-19-41-28-58(47(32-59(39)41)34-10-14-36(15-11-34)53(62)63)30-45-43-21-23-55-51(43)38(26-49(45)65-3)17-16-37-25-48(64-2)44(42-20-22-54-50(37)42)29-57-27-40-7-5-6-24-56(40)31-46(57)33-8-12-35(13-9-33)52(60)61/h8-15,20-23,25-26,39-41,46-47,54-55H,4-7,16-19,24,27-32H2,1-3H3,(H,60,61)(H,62,63)/t39-,40+,41-,46-,47+/m0/s1. The highest BCUT2D eigenvalue weighted by atomic mass is 16.5. The molecule has 65 heavy (non-hydrogen) atoms. The van der Waals surface area contributed by atoms with E-state index in [1.54, 1.807) is 38.5 Å². The summed E-state index contributed by atoms with van der Waals surface area (Å²) < 4.78 is 12.5. The molecule has 0 amide bonds. The van der Waals surface area contributed by atoms with Crippen molar-refractivity contribution in [3.8, 4) is 11.5 Å². The van der Waals surface area contributed by atoms with Crippen LogP contribution in [0.5, 0.6) is 11.5 Å². The van der Waals surface area contributed by atoms with Crippen LogP contribution in [0.25, 0.3) is 21.8 Å². The van der Waals surface area contributed by atoms with E-state index in [9.17, 15) is 19.8 Å². The molecule has 12 heteroatoms. The van der Waals surface area contributed by atoms with Crippen LogP contribution in [0.15, 0.2) is 85.2 Å². The van der Waals surface area contributed by atoms with Gasteiger partial charge in [-0.1, -0.05) is 37.6 Å². The molecule has 0 unspecified atom stereocenters. The molecule has 0 radical (unpaired) electrons. The van der Waals surface area contributed by atoms with E-state index in [1.807, 2.05) is 36.7 Å². The fraction of sp³-hybridized carbons (Fsp3) is 0.434. The average molecular weight is 879 g/mol. The SMILES string of the molecule is CC[C@H]1CC[C@H]2CN(Cc3c(OC)cc(CCc4cc(OC)c(CN5C[C@H]6CCCCN6C[C@H]5c5ccc(C(=O)O)cc5)c5cc[nH]c45)c4[nH]ccc34)[C@@H](c3ccc(C(=O)O)cc3)CN12. The number of carbonyl (C=O) groups is 2. The van der Waals surface area contributed by atoms with Crippen molar-refractivity contribution in [3.05, 3.63) is 130 Å². The van der Waals surface area contributed by atoms with Crippen molar-refractivity contribution in [1.29, 1.82) is 0 Å². The molecule has 4 aromatic carbocycles. The van der Waals surface area contributed by atoms with Gasteiger partial charge in [-0.2, -0.15) is 0 Å². The number of hydrogen-bond acceptors (Lipinski definition) is 8. The molecule has 0 saturated carbocycles. The number of aromatic nitrogens is 2. The molecule has 4 fully saturated rings. The third-order valence-corrected chi connectivity index (χ3v) is 15.5. The summed E-state index contributed by atoms with van der Waals surface area (Å²) in [5.74, 6) is -0.0396. The summed E-state index contributed by atoms with van der Waals surface area (Å²) in [6.07, 6.45) is 12.9. The zero-order valence-electron chi connectivity index (χ0n) is 37.9. The van der Waals surface area contributed by atoms with E-state index in [1.165, 1.54) is 65.1 Å². The van der Waals surface area contributed by atoms with E-state index < -0.39 is 11.9 Å². The average Bonchev–Trinajstić information content (AvgIpc) is 4.12. The predicted octanol–water partition coefficient (Wildman–Crippen LogP) is 9.06. The van der Waals surface area contributed by atoms with E-state index in [0.29, 0.717) is 29.3 Å². The number of aromatic carboxylic acids is 2. The third-order valence-electron chi connectivity index (χ3n) is 15.5. The highest BCUT2D eigenvalue weighted by Gasteiger charge is 2.42. The number of aromatic amines is 2. The lowest BCUT2D eigenvalue weighted by molar-refractivity contribution is 0.00341. The van der Waals surface area contributed by atoms with Gasteiger partial charge in [-0.25, -0.2) is 9.59 Å². The predicted molar refractivity (Wildman–Crippen MR) is 253 cm³/mol. The van der Waals surface area contributed by atoms with Gasteiger partial charge < -0.3 is 29.7 Å². The van der Waals surface area contributed by atoms with Crippen LogP contribution in [0.3, 0.4) is 0 Å². The second kappa shape index (κ2) is 18.3. The second-order valence-corrected chi connectivity index (χ2v) is 18.8. The third kappa shape index (κ3) is 8.30. The number of nitrogens with one attached hydrogen (secondary N) is 2. The number of H-pyrrole nitrogens is 2. The molecule has 4 saturated heterocycles. The summed E-state index contributed by atoms with van der Waals surface area (Å²) >= 11 is 0. The summed E-state index contributed by atoms with van der Waals surface area (Å²) in [4.78, 5) is 41.2. The molecule has 4 aliphatic heterocycles. The number of fused-ring (bicyclic) bond motifs is 4. The van der Waals surface area contributed by atoms with Crippen LogP contribution in [0, 0.1) is 0 Å². The van der Waals surface area contributed by atoms with Crippen LogP contribution in [0.4, 0.5) is 0 Å². The van der Waals surface area contributed by atoms with Gasteiger partial charge >= 0.3 is 11.9 Å². The molecule has 0 aliphatic carbocycles. The molecule has 10 rings (SSSR count). The number of carboxylic acids is 2. The first-order valence-electron chi connectivity index (χ1n) is 23.7. The molecule has 12 nitrogen and oxygen atoms in total. The Hall–Kier alpha value is -5.66. The molecule has 340 valence electrons. The van der Waals surface area contributed by atoms with Gasteiger partial charge in [0.1, 0.15) is 11.5 Å². The van der Waals surface area contributed by atoms with Crippen LogP contribution < -0.4 is 9.47 Å². The van der Waals surface area contributed by atoms with Crippen molar-refractivity contribution >= 4 is 33.7 Å². The summed E-state index contributed by atoms with van der Waals surface area (Å²) in [7, 11) is 3.55. The normalized spacial score (nSPS) is 23.2. The summed E-state index contributed by atoms with van der Waals surface area (Å²) in [6.45, 7) is 8.57. The van der Waals surface area contributed by atoms with Gasteiger partial charge in [0.2, 0.25) is 0 Å². The smallest absolute Gasteiger partial charge is 0.335 e. The Balaban J connectivity index is 0.924. The van der Waals surface area contributed by atoms with Gasteiger partial charge in [0.15, 0.2) is 0 Å². The number of methoxy groups -OCH3 is 2. The molecular formula is C53H62N6O6. The van der Waals surface area contributed by atoms with Gasteiger partial charge in [-0.15, -0.1) is 0 Å².